The Labute approximate surface area is 136 Å². The number of nitrogens with one attached hydrogen (secondary N) is 1. The molecule has 0 aromatic carbocycles. The Kier molecular flexibility index (Phi) is 3.70. The Morgan fingerprint density at radius 1 is 1.35 bits per heavy atom. The van der Waals surface area contributed by atoms with Crippen LogP contribution in [0.25, 0.3) is 21.7 Å². The molecule has 0 radical (unpaired) electrons. The number of hydrogen-bond donors (Lipinski definition) is 2. The lowest BCUT2D eigenvalue weighted by Crippen LogP contribution is -2.33. The van der Waals surface area contributed by atoms with Crippen molar-refractivity contribution in [1.82, 2.24) is 25.1 Å². The molecule has 0 spiro atoms. The molecule has 4 rings (SSSR count). The maximum absolute atomic E-state index is 13.2. The Balaban J connectivity index is 1.61. The van der Waals surface area contributed by atoms with Crippen LogP contribution in [0.1, 0.15) is 17.7 Å². The van der Waals surface area contributed by atoms with Crippen LogP contribution in [0.3, 0.4) is 0 Å². The number of alkyl halides is 1. The minimum absolute atomic E-state index is 0.470. The molecular weight excluding hydrogens is 315 g/mol. The van der Waals surface area contributed by atoms with Gasteiger partial charge in [0.15, 0.2) is 5.82 Å². The number of halogens is 1. The van der Waals surface area contributed by atoms with E-state index in [1.54, 1.807) is 17.5 Å². The molecule has 1 aliphatic rings. The van der Waals surface area contributed by atoms with Gasteiger partial charge in [0, 0.05) is 30.7 Å². The average molecular weight is 332 g/mol. The number of likely N-dealkylation sites (tertiary alicyclic amines) is 1. The summed E-state index contributed by atoms with van der Waals surface area (Å²) < 4.78 is 13.2. The Morgan fingerprint density at radius 3 is 2.91 bits per heavy atom. The molecule has 3 N–H and O–H groups in total. The molecule has 23 heavy (non-hydrogen) atoms. The Hall–Kier alpha value is -2.06. The molecule has 3 aromatic rings. The summed E-state index contributed by atoms with van der Waals surface area (Å²) in [4.78, 5) is 13.2. The van der Waals surface area contributed by atoms with E-state index in [9.17, 15) is 4.39 Å². The molecule has 1 saturated heterocycles. The van der Waals surface area contributed by atoms with Gasteiger partial charge < -0.3 is 5.73 Å². The minimum Gasteiger partial charge on any atom is -0.383 e. The number of nitrogens with two attached hydrogens (primary N) is 1. The molecule has 1 fully saturated rings. The number of H-pyrrole nitrogens is 1. The first kappa shape index (κ1) is 14.5. The largest absolute Gasteiger partial charge is 0.383 e. The number of fused-ring (bicyclic) bond motifs is 1. The second-order valence-electron chi connectivity index (χ2n) is 5.77. The van der Waals surface area contributed by atoms with Gasteiger partial charge in [0.05, 0.1) is 5.39 Å². The van der Waals surface area contributed by atoms with Gasteiger partial charge in [-0.05, 0) is 25.0 Å². The van der Waals surface area contributed by atoms with E-state index in [-0.39, 0.29) is 0 Å². The van der Waals surface area contributed by atoms with E-state index in [1.165, 1.54) is 4.88 Å². The minimum atomic E-state index is -0.647. The smallest absolute Gasteiger partial charge is 0.183 e. The van der Waals surface area contributed by atoms with Crippen LogP contribution in [0.5, 0.6) is 0 Å². The van der Waals surface area contributed by atoms with Crippen molar-refractivity contribution < 1.29 is 4.39 Å². The number of anilines is 1. The summed E-state index contributed by atoms with van der Waals surface area (Å²) in [6.45, 7) is 2.41. The monoisotopic (exact) mass is 332 g/mol. The van der Waals surface area contributed by atoms with E-state index in [0.717, 1.165) is 29.9 Å². The van der Waals surface area contributed by atoms with E-state index < -0.39 is 6.17 Å². The summed E-state index contributed by atoms with van der Waals surface area (Å²) in [6.07, 6.45) is 2.33. The fourth-order valence-electron chi connectivity index (χ4n) is 2.85. The number of nitrogen functional groups attached to an aromatic ring is 1. The fraction of sp³-hybridized carbons (Fsp3) is 0.400. The van der Waals surface area contributed by atoms with Crippen molar-refractivity contribution in [3.8, 4) is 11.5 Å². The molecule has 1 aliphatic heterocycles. The second-order valence-corrected chi connectivity index (χ2v) is 6.89. The highest BCUT2D eigenvalue weighted by atomic mass is 32.1. The zero-order valence-corrected chi connectivity index (χ0v) is 13.3. The van der Waals surface area contributed by atoms with Crippen molar-refractivity contribution in [2.75, 3.05) is 18.8 Å². The van der Waals surface area contributed by atoms with Gasteiger partial charge in [-0.1, -0.05) is 0 Å². The van der Waals surface area contributed by atoms with E-state index >= 15 is 0 Å². The van der Waals surface area contributed by atoms with Gasteiger partial charge in [-0.25, -0.2) is 14.4 Å². The van der Waals surface area contributed by atoms with Crippen molar-refractivity contribution >= 4 is 27.4 Å². The summed E-state index contributed by atoms with van der Waals surface area (Å²) in [7, 11) is 0. The highest BCUT2D eigenvalue weighted by molar-refractivity contribution is 7.18. The third-order valence-electron chi connectivity index (χ3n) is 4.10. The fourth-order valence-corrected chi connectivity index (χ4v) is 3.93. The van der Waals surface area contributed by atoms with Gasteiger partial charge in [0.25, 0.3) is 0 Å². The highest BCUT2D eigenvalue weighted by Gasteiger charge is 2.19. The van der Waals surface area contributed by atoms with Gasteiger partial charge in [0.2, 0.25) is 0 Å². The van der Waals surface area contributed by atoms with Crippen LogP contribution in [0.2, 0.25) is 0 Å². The number of aromatic amines is 1. The maximum Gasteiger partial charge on any atom is 0.183 e. The normalized spacial score (nSPS) is 17.1. The zero-order valence-electron chi connectivity index (χ0n) is 12.5. The van der Waals surface area contributed by atoms with Crippen LogP contribution in [-0.2, 0) is 6.54 Å². The van der Waals surface area contributed by atoms with Crippen molar-refractivity contribution in [3.05, 3.63) is 23.2 Å². The number of hydrogen-bond acceptors (Lipinski definition) is 6. The van der Waals surface area contributed by atoms with E-state index in [1.807, 2.05) is 12.1 Å². The number of aromatic nitrogens is 4. The average Bonchev–Trinajstić information content (AvgIpc) is 3.19. The first-order chi connectivity index (χ1) is 11.2. The van der Waals surface area contributed by atoms with Crippen molar-refractivity contribution in [1.29, 1.82) is 0 Å². The SMILES string of the molecule is Nc1nc(-c2cc[nH]n2)nc2sc(CN3CCC(F)CC3)cc12. The molecule has 0 bridgehead atoms. The lowest BCUT2D eigenvalue weighted by molar-refractivity contribution is 0.146. The Bertz CT molecular complexity index is 807. The van der Waals surface area contributed by atoms with Crippen molar-refractivity contribution in [2.24, 2.45) is 0 Å². The van der Waals surface area contributed by atoms with Crippen LogP contribution in [0, 0.1) is 0 Å². The van der Waals surface area contributed by atoms with E-state index in [0.29, 0.717) is 30.2 Å². The molecule has 0 saturated carbocycles. The first-order valence-electron chi connectivity index (χ1n) is 7.61. The molecule has 0 amide bonds. The molecule has 0 unspecified atom stereocenters. The third-order valence-corrected chi connectivity index (χ3v) is 5.11. The van der Waals surface area contributed by atoms with E-state index in [2.05, 4.69) is 25.1 Å². The summed E-state index contributed by atoms with van der Waals surface area (Å²) in [5.41, 5.74) is 6.76. The number of piperidine rings is 1. The summed E-state index contributed by atoms with van der Waals surface area (Å²) in [6, 6.07) is 3.86. The molecule has 8 heteroatoms. The quantitative estimate of drug-likeness (QED) is 0.770. The summed E-state index contributed by atoms with van der Waals surface area (Å²) >= 11 is 1.61. The van der Waals surface area contributed by atoms with Crippen LogP contribution in [0.15, 0.2) is 18.3 Å². The lowest BCUT2D eigenvalue weighted by Gasteiger charge is -2.27. The number of nitrogens with zero attached hydrogens (tertiary/aromatic N) is 4. The maximum atomic E-state index is 13.2. The molecule has 0 atom stereocenters. The lowest BCUT2D eigenvalue weighted by atomic mass is 10.1. The topological polar surface area (TPSA) is 83.7 Å². The van der Waals surface area contributed by atoms with Crippen molar-refractivity contribution in [3.63, 3.8) is 0 Å². The van der Waals surface area contributed by atoms with Crippen molar-refractivity contribution in [2.45, 2.75) is 25.6 Å². The molecule has 4 heterocycles. The van der Waals surface area contributed by atoms with Gasteiger partial charge in [-0.15, -0.1) is 11.3 Å². The zero-order chi connectivity index (χ0) is 15.8. The third kappa shape index (κ3) is 2.91. The highest BCUT2D eigenvalue weighted by Crippen LogP contribution is 2.30. The molecule has 0 aliphatic carbocycles. The standard InChI is InChI=1S/C15H17FN6S/c16-9-2-5-22(6-3-9)8-10-7-11-13(17)19-14(20-15(11)23-10)12-1-4-18-21-12/h1,4,7,9H,2-3,5-6,8H2,(H,18,21)(H2,17,19,20). The van der Waals surface area contributed by atoms with Crippen LogP contribution in [0.4, 0.5) is 10.2 Å². The van der Waals surface area contributed by atoms with E-state index in [4.69, 9.17) is 5.73 Å². The summed E-state index contributed by atoms with van der Waals surface area (Å²) in [5, 5.41) is 7.73. The van der Waals surface area contributed by atoms with Gasteiger partial charge >= 0.3 is 0 Å². The predicted octanol–water partition coefficient (Wildman–Crippen LogP) is 2.60. The van der Waals surface area contributed by atoms with Crippen LogP contribution >= 0.6 is 11.3 Å². The number of rotatable bonds is 3. The summed E-state index contributed by atoms with van der Waals surface area (Å²) in [5.74, 6) is 1.00. The predicted molar refractivity (Wildman–Crippen MR) is 88.8 cm³/mol. The van der Waals surface area contributed by atoms with Gasteiger partial charge in [-0.3, -0.25) is 10.00 Å². The molecule has 6 nitrogen and oxygen atoms in total. The van der Waals surface area contributed by atoms with Crippen LogP contribution < -0.4 is 5.73 Å². The molecular formula is C15H17FN6S. The van der Waals surface area contributed by atoms with Crippen LogP contribution in [-0.4, -0.2) is 44.3 Å². The van der Waals surface area contributed by atoms with Gasteiger partial charge in [-0.2, -0.15) is 5.10 Å². The number of thiophene rings is 1. The van der Waals surface area contributed by atoms with Gasteiger partial charge in [0.1, 0.15) is 22.5 Å². The Morgan fingerprint density at radius 2 is 2.17 bits per heavy atom. The second kappa shape index (κ2) is 5.86. The first-order valence-corrected chi connectivity index (χ1v) is 8.43. The molecule has 3 aromatic heterocycles. The molecule has 120 valence electrons.